The van der Waals surface area contributed by atoms with Crippen LogP contribution in [0.5, 0.6) is 0 Å². The van der Waals surface area contributed by atoms with E-state index in [-0.39, 0.29) is 5.91 Å². The molecule has 2 N–H and O–H groups in total. The van der Waals surface area contributed by atoms with Crippen molar-refractivity contribution in [1.29, 1.82) is 0 Å². The zero-order valence-corrected chi connectivity index (χ0v) is 14.9. The molecular weight excluding hydrogens is 290 g/mol. The van der Waals surface area contributed by atoms with Crippen molar-refractivity contribution in [2.24, 2.45) is 4.99 Å². The molecule has 0 fully saturated rings. The lowest BCUT2D eigenvalue weighted by molar-refractivity contribution is 0.0827. The van der Waals surface area contributed by atoms with Gasteiger partial charge in [-0.25, -0.2) is 0 Å². The van der Waals surface area contributed by atoms with Crippen molar-refractivity contribution in [2.45, 2.75) is 13.5 Å². The molecule has 0 aromatic heterocycles. The number of guanidine groups is 1. The maximum atomic E-state index is 11.8. The lowest BCUT2D eigenvalue weighted by Crippen LogP contribution is -2.40. The minimum absolute atomic E-state index is 0.0158. The minimum Gasteiger partial charge on any atom is -0.355 e. The van der Waals surface area contributed by atoms with Crippen LogP contribution in [-0.2, 0) is 6.54 Å². The summed E-state index contributed by atoms with van der Waals surface area (Å²) in [5.74, 6) is 0.796. The third-order valence-electron chi connectivity index (χ3n) is 3.62. The SMILES string of the molecule is CCN(C)CCNC(=NC)NCc1ccc(C(=O)N(C)C)cc1. The molecule has 0 atom stereocenters. The van der Waals surface area contributed by atoms with Crippen LogP contribution in [0.2, 0.25) is 0 Å². The van der Waals surface area contributed by atoms with E-state index in [1.165, 1.54) is 0 Å². The summed E-state index contributed by atoms with van der Waals surface area (Å²) < 4.78 is 0. The van der Waals surface area contributed by atoms with E-state index in [9.17, 15) is 4.79 Å². The number of nitrogens with zero attached hydrogens (tertiary/aromatic N) is 3. The summed E-state index contributed by atoms with van der Waals surface area (Å²) in [6.45, 7) is 5.65. The standard InChI is InChI=1S/C17H29N5O/c1-6-22(5)12-11-19-17(18-2)20-13-14-7-9-15(10-8-14)16(23)21(3)4/h7-10H,6,11-13H2,1-5H3,(H2,18,19,20). The third kappa shape index (κ3) is 6.69. The van der Waals surface area contributed by atoms with Crippen molar-refractivity contribution in [3.63, 3.8) is 0 Å². The van der Waals surface area contributed by atoms with Crippen LogP contribution in [-0.4, -0.2) is 69.5 Å². The summed E-state index contributed by atoms with van der Waals surface area (Å²) in [5.41, 5.74) is 1.80. The van der Waals surface area contributed by atoms with Crippen molar-refractivity contribution >= 4 is 11.9 Å². The second kappa shape index (κ2) is 9.84. The van der Waals surface area contributed by atoms with E-state index >= 15 is 0 Å². The number of rotatable bonds is 7. The summed E-state index contributed by atoms with van der Waals surface area (Å²) >= 11 is 0. The number of aliphatic imine (C=N–C) groups is 1. The Morgan fingerprint density at radius 1 is 1.13 bits per heavy atom. The fourth-order valence-corrected chi connectivity index (χ4v) is 1.95. The fraction of sp³-hybridized carbons (Fsp3) is 0.529. The van der Waals surface area contributed by atoms with E-state index in [4.69, 9.17) is 0 Å². The van der Waals surface area contributed by atoms with Gasteiger partial charge in [0.25, 0.3) is 5.91 Å². The molecule has 1 amide bonds. The van der Waals surface area contributed by atoms with Crippen LogP contribution in [0.25, 0.3) is 0 Å². The Labute approximate surface area is 139 Å². The minimum atomic E-state index is 0.0158. The summed E-state index contributed by atoms with van der Waals surface area (Å²) in [4.78, 5) is 19.9. The first-order valence-corrected chi connectivity index (χ1v) is 7.91. The largest absolute Gasteiger partial charge is 0.355 e. The Kier molecular flexibility index (Phi) is 8.11. The number of amides is 1. The Morgan fingerprint density at radius 3 is 2.30 bits per heavy atom. The van der Waals surface area contributed by atoms with Gasteiger partial charge in [-0.05, 0) is 31.3 Å². The van der Waals surface area contributed by atoms with E-state index in [0.717, 1.165) is 31.2 Å². The van der Waals surface area contributed by atoms with Gasteiger partial charge in [0.15, 0.2) is 5.96 Å². The van der Waals surface area contributed by atoms with Crippen LogP contribution in [0, 0.1) is 0 Å². The zero-order chi connectivity index (χ0) is 17.2. The normalized spacial score (nSPS) is 11.5. The average Bonchev–Trinajstić information content (AvgIpc) is 2.57. The monoisotopic (exact) mass is 319 g/mol. The van der Waals surface area contributed by atoms with Gasteiger partial charge in [0.1, 0.15) is 0 Å². The lowest BCUT2D eigenvalue weighted by Gasteiger charge is -2.16. The van der Waals surface area contributed by atoms with Gasteiger partial charge in [-0.3, -0.25) is 9.79 Å². The predicted octanol–water partition coefficient (Wildman–Crippen LogP) is 1.01. The molecule has 1 aromatic rings. The van der Waals surface area contributed by atoms with E-state index in [0.29, 0.717) is 12.1 Å². The van der Waals surface area contributed by atoms with Gasteiger partial charge in [-0.2, -0.15) is 0 Å². The molecule has 0 aliphatic heterocycles. The average molecular weight is 319 g/mol. The molecule has 128 valence electrons. The van der Waals surface area contributed by atoms with Crippen LogP contribution in [0.4, 0.5) is 0 Å². The molecule has 0 aliphatic carbocycles. The number of nitrogens with one attached hydrogen (secondary N) is 2. The first-order valence-electron chi connectivity index (χ1n) is 7.91. The molecule has 0 bridgehead atoms. The molecule has 0 heterocycles. The zero-order valence-electron chi connectivity index (χ0n) is 14.9. The van der Waals surface area contributed by atoms with Crippen molar-refractivity contribution in [3.8, 4) is 0 Å². The van der Waals surface area contributed by atoms with Crippen LogP contribution in [0.3, 0.4) is 0 Å². The van der Waals surface area contributed by atoms with Crippen molar-refractivity contribution in [3.05, 3.63) is 35.4 Å². The number of carbonyl (C=O) groups excluding carboxylic acids is 1. The van der Waals surface area contributed by atoms with Gasteiger partial charge < -0.3 is 20.4 Å². The highest BCUT2D eigenvalue weighted by Gasteiger charge is 2.07. The number of likely N-dealkylation sites (N-methyl/N-ethyl adjacent to an activating group) is 1. The molecule has 6 nitrogen and oxygen atoms in total. The first-order chi connectivity index (χ1) is 11.0. The van der Waals surface area contributed by atoms with Crippen molar-refractivity contribution in [1.82, 2.24) is 20.4 Å². The van der Waals surface area contributed by atoms with E-state index in [1.54, 1.807) is 26.0 Å². The van der Waals surface area contributed by atoms with Gasteiger partial charge in [0.2, 0.25) is 0 Å². The molecule has 23 heavy (non-hydrogen) atoms. The van der Waals surface area contributed by atoms with Gasteiger partial charge in [-0.1, -0.05) is 19.1 Å². The summed E-state index contributed by atoms with van der Waals surface area (Å²) in [5, 5.41) is 6.56. The van der Waals surface area contributed by atoms with Crippen LogP contribution in [0.1, 0.15) is 22.8 Å². The third-order valence-corrected chi connectivity index (χ3v) is 3.62. The van der Waals surface area contributed by atoms with Crippen molar-refractivity contribution in [2.75, 3.05) is 47.8 Å². The molecule has 0 radical (unpaired) electrons. The Hall–Kier alpha value is -2.08. The molecule has 1 rings (SSSR count). The highest BCUT2D eigenvalue weighted by molar-refractivity contribution is 5.93. The quantitative estimate of drug-likeness (QED) is 0.582. The second-order valence-corrected chi connectivity index (χ2v) is 5.64. The molecule has 0 spiro atoms. The van der Waals surface area contributed by atoms with Crippen LogP contribution >= 0.6 is 0 Å². The highest BCUT2D eigenvalue weighted by Crippen LogP contribution is 2.06. The Bertz CT molecular complexity index is 510. The molecule has 0 saturated heterocycles. The van der Waals surface area contributed by atoms with E-state index in [2.05, 4.69) is 34.5 Å². The first kappa shape index (κ1) is 19.0. The highest BCUT2D eigenvalue weighted by atomic mass is 16.2. The summed E-state index contributed by atoms with van der Waals surface area (Å²) in [6.07, 6.45) is 0. The molecule has 6 heteroatoms. The Balaban J connectivity index is 2.45. The van der Waals surface area contributed by atoms with Gasteiger partial charge >= 0.3 is 0 Å². The molecular formula is C17H29N5O. The summed E-state index contributed by atoms with van der Waals surface area (Å²) in [7, 11) is 7.36. The summed E-state index contributed by atoms with van der Waals surface area (Å²) in [6, 6.07) is 7.63. The van der Waals surface area contributed by atoms with Gasteiger partial charge in [0.05, 0.1) is 0 Å². The van der Waals surface area contributed by atoms with Crippen LogP contribution in [0.15, 0.2) is 29.3 Å². The fourth-order valence-electron chi connectivity index (χ4n) is 1.95. The molecule has 0 saturated carbocycles. The maximum Gasteiger partial charge on any atom is 0.253 e. The maximum absolute atomic E-state index is 11.8. The lowest BCUT2D eigenvalue weighted by atomic mass is 10.1. The van der Waals surface area contributed by atoms with E-state index in [1.807, 2.05) is 24.3 Å². The number of hydrogen-bond acceptors (Lipinski definition) is 3. The van der Waals surface area contributed by atoms with Crippen LogP contribution < -0.4 is 10.6 Å². The number of carbonyl (C=O) groups is 1. The molecule has 0 aliphatic rings. The van der Waals surface area contributed by atoms with Gasteiger partial charge in [0, 0.05) is 46.3 Å². The molecule has 1 aromatic carbocycles. The topological polar surface area (TPSA) is 60.0 Å². The van der Waals surface area contributed by atoms with Gasteiger partial charge in [-0.15, -0.1) is 0 Å². The van der Waals surface area contributed by atoms with Crippen molar-refractivity contribution < 1.29 is 4.79 Å². The van der Waals surface area contributed by atoms with E-state index < -0.39 is 0 Å². The Morgan fingerprint density at radius 2 is 1.78 bits per heavy atom. The second-order valence-electron chi connectivity index (χ2n) is 5.64. The predicted molar refractivity (Wildman–Crippen MR) is 95.8 cm³/mol. The smallest absolute Gasteiger partial charge is 0.253 e. The molecule has 0 unspecified atom stereocenters. The number of benzene rings is 1. The number of hydrogen-bond donors (Lipinski definition) is 2.